The van der Waals surface area contributed by atoms with Gasteiger partial charge >= 0.3 is 0 Å². The van der Waals surface area contributed by atoms with Crippen LogP contribution < -0.4 is 5.32 Å². The number of rotatable bonds is 4. The van der Waals surface area contributed by atoms with Crippen LogP contribution in [0.2, 0.25) is 0 Å². The van der Waals surface area contributed by atoms with Gasteiger partial charge in [0.25, 0.3) is 17.5 Å². The van der Waals surface area contributed by atoms with E-state index in [-0.39, 0.29) is 17.2 Å². The minimum absolute atomic E-state index is 0.110. The second-order valence-corrected chi connectivity index (χ2v) is 6.71. The van der Waals surface area contributed by atoms with Crippen molar-refractivity contribution in [3.63, 3.8) is 0 Å². The Kier molecular flexibility index (Phi) is 5.21. The minimum Gasteiger partial charge on any atom is -0.339 e. The molecule has 2 amide bonds. The Morgan fingerprint density at radius 3 is 2.44 bits per heavy atom. The van der Waals surface area contributed by atoms with Crippen molar-refractivity contribution in [3.8, 4) is 0 Å². The summed E-state index contributed by atoms with van der Waals surface area (Å²) in [6, 6.07) is 9.63. The molecule has 2 aromatic rings. The van der Waals surface area contributed by atoms with E-state index in [0.717, 1.165) is 18.4 Å². The Hall–Kier alpha value is -3.22. The van der Waals surface area contributed by atoms with Gasteiger partial charge in [0.05, 0.1) is 16.2 Å². The van der Waals surface area contributed by atoms with Crippen molar-refractivity contribution in [2.24, 2.45) is 0 Å². The van der Waals surface area contributed by atoms with E-state index in [1.165, 1.54) is 12.1 Å². The fourth-order valence-electron chi connectivity index (χ4n) is 3.24. The number of hydrogen-bond donors (Lipinski definition) is 1. The molecule has 0 aliphatic carbocycles. The predicted molar refractivity (Wildman–Crippen MR) is 102 cm³/mol. The Morgan fingerprint density at radius 1 is 1.07 bits per heavy atom. The number of anilines is 1. The first-order valence-corrected chi connectivity index (χ1v) is 8.84. The van der Waals surface area contributed by atoms with Crippen molar-refractivity contribution in [2.45, 2.75) is 26.7 Å². The highest BCUT2D eigenvalue weighted by molar-refractivity contribution is 6.09. The van der Waals surface area contributed by atoms with Crippen LogP contribution in [-0.2, 0) is 0 Å². The number of carbonyl (C=O) groups excluding carboxylic acids is 2. The molecule has 1 heterocycles. The van der Waals surface area contributed by atoms with Gasteiger partial charge in [-0.2, -0.15) is 0 Å². The molecule has 140 valence electrons. The second kappa shape index (κ2) is 7.57. The number of nitrogens with zero attached hydrogens (tertiary/aromatic N) is 2. The topological polar surface area (TPSA) is 92.6 Å². The van der Waals surface area contributed by atoms with Crippen molar-refractivity contribution in [3.05, 3.63) is 68.8 Å². The first-order chi connectivity index (χ1) is 12.9. The number of aryl methyl sites for hydroxylation is 2. The first kappa shape index (κ1) is 18.6. The summed E-state index contributed by atoms with van der Waals surface area (Å²) in [4.78, 5) is 37.9. The van der Waals surface area contributed by atoms with E-state index in [0.29, 0.717) is 29.9 Å². The van der Waals surface area contributed by atoms with Crippen LogP contribution >= 0.6 is 0 Å². The van der Waals surface area contributed by atoms with Gasteiger partial charge in [0.15, 0.2) is 0 Å². The van der Waals surface area contributed by atoms with E-state index in [1.54, 1.807) is 30.0 Å². The molecule has 1 aliphatic heterocycles. The Balaban J connectivity index is 1.91. The van der Waals surface area contributed by atoms with Crippen LogP contribution in [0.1, 0.15) is 44.7 Å². The van der Waals surface area contributed by atoms with Crippen LogP contribution in [0.4, 0.5) is 11.4 Å². The minimum atomic E-state index is -0.512. The van der Waals surface area contributed by atoms with E-state index in [1.807, 2.05) is 13.0 Å². The van der Waals surface area contributed by atoms with E-state index in [9.17, 15) is 19.7 Å². The van der Waals surface area contributed by atoms with Crippen molar-refractivity contribution in [1.29, 1.82) is 0 Å². The van der Waals surface area contributed by atoms with Crippen LogP contribution in [0, 0.1) is 24.0 Å². The Morgan fingerprint density at radius 2 is 1.78 bits per heavy atom. The molecule has 3 rings (SSSR count). The van der Waals surface area contributed by atoms with Crippen LogP contribution in [0.5, 0.6) is 0 Å². The van der Waals surface area contributed by atoms with E-state index in [2.05, 4.69) is 5.32 Å². The lowest BCUT2D eigenvalue weighted by Gasteiger charge is -2.19. The van der Waals surface area contributed by atoms with Gasteiger partial charge < -0.3 is 10.2 Å². The van der Waals surface area contributed by atoms with Gasteiger partial charge in [-0.1, -0.05) is 18.2 Å². The van der Waals surface area contributed by atoms with E-state index < -0.39 is 10.8 Å². The summed E-state index contributed by atoms with van der Waals surface area (Å²) in [6.45, 7) is 4.86. The van der Waals surface area contributed by atoms with Crippen molar-refractivity contribution in [2.75, 3.05) is 18.4 Å². The summed E-state index contributed by atoms with van der Waals surface area (Å²) in [5.41, 5.74) is 2.19. The SMILES string of the molecule is Cc1ccc(C(=O)Nc2c(C)cccc2C(=O)N2CCCC2)cc1[N+](=O)[O-]. The fourth-order valence-corrected chi connectivity index (χ4v) is 3.24. The first-order valence-electron chi connectivity index (χ1n) is 8.84. The average molecular weight is 367 g/mol. The molecule has 0 aromatic heterocycles. The molecule has 0 saturated carbocycles. The number of para-hydroxylation sites is 1. The number of amides is 2. The lowest BCUT2D eigenvalue weighted by molar-refractivity contribution is -0.385. The summed E-state index contributed by atoms with van der Waals surface area (Å²) < 4.78 is 0. The molecular formula is C20H21N3O4. The molecule has 0 radical (unpaired) electrons. The van der Waals surface area contributed by atoms with Crippen LogP contribution in [0.15, 0.2) is 36.4 Å². The third kappa shape index (κ3) is 3.81. The number of nitrogens with one attached hydrogen (secondary N) is 1. The molecule has 0 bridgehead atoms. The lowest BCUT2D eigenvalue weighted by atomic mass is 10.1. The highest BCUT2D eigenvalue weighted by Gasteiger charge is 2.24. The van der Waals surface area contributed by atoms with Gasteiger partial charge in [0.1, 0.15) is 0 Å². The van der Waals surface area contributed by atoms with Gasteiger partial charge in [0.2, 0.25) is 0 Å². The summed E-state index contributed by atoms with van der Waals surface area (Å²) in [6.07, 6.45) is 1.96. The highest BCUT2D eigenvalue weighted by Crippen LogP contribution is 2.26. The van der Waals surface area contributed by atoms with Gasteiger partial charge in [-0.25, -0.2) is 0 Å². The molecule has 0 atom stereocenters. The van der Waals surface area contributed by atoms with Crippen LogP contribution in [-0.4, -0.2) is 34.7 Å². The molecule has 7 heteroatoms. The number of nitro groups is 1. The summed E-state index contributed by atoms with van der Waals surface area (Å²) in [7, 11) is 0. The molecule has 2 aromatic carbocycles. The number of nitro benzene ring substituents is 1. The largest absolute Gasteiger partial charge is 0.339 e. The van der Waals surface area contributed by atoms with Crippen molar-refractivity contribution >= 4 is 23.2 Å². The zero-order valence-electron chi connectivity index (χ0n) is 15.3. The zero-order valence-corrected chi connectivity index (χ0v) is 15.3. The third-order valence-electron chi connectivity index (χ3n) is 4.80. The molecule has 1 aliphatic rings. The maximum Gasteiger partial charge on any atom is 0.273 e. The summed E-state index contributed by atoms with van der Waals surface area (Å²) in [5, 5.41) is 13.9. The number of likely N-dealkylation sites (tertiary alicyclic amines) is 1. The summed E-state index contributed by atoms with van der Waals surface area (Å²) >= 11 is 0. The standard InChI is InChI=1S/C20H21N3O4/c1-13-8-9-15(12-17(13)23(26)27)19(24)21-18-14(2)6-5-7-16(18)20(25)22-10-3-4-11-22/h5-9,12H,3-4,10-11H2,1-2H3,(H,21,24). The smallest absolute Gasteiger partial charge is 0.273 e. The maximum absolute atomic E-state index is 12.8. The number of carbonyl (C=O) groups is 2. The van der Waals surface area contributed by atoms with Gasteiger partial charge in [0, 0.05) is 30.3 Å². The van der Waals surface area contributed by atoms with E-state index in [4.69, 9.17) is 0 Å². The molecule has 27 heavy (non-hydrogen) atoms. The number of hydrogen-bond acceptors (Lipinski definition) is 4. The highest BCUT2D eigenvalue weighted by atomic mass is 16.6. The van der Waals surface area contributed by atoms with Crippen molar-refractivity contribution in [1.82, 2.24) is 4.90 Å². The molecule has 0 spiro atoms. The average Bonchev–Trinajstić information content (AvgIpc) is 3.17. The van der Waals surface area contributed by atoms with Crippen LogP contribution in [0.25, 0.3) is 0 Å². The molecular weight excluding hydrogens is 346 g/mol. The number of benzene rings is 2. The Bertz CT molecular complexity index is 917. The quantitative estimate of drug-likeness (QED) is 0.659. The second-order valence-electron chi connectivity index (χ2n) is 6.71. The molecule has 1 N–H and O–H groups in total. The predicted octanol–water partition coefficient (Wildman–Crippen LogP) is 3.70. The van der Waals surface area contributed by atoms with Crippen LogP contribution in [0.3, 0.4) is 0 Å². The van der Waals surface area contributed by atoms with Crippen molar-refractivity contribution < 1.29 is 14.5 Å². The third-order valence-corrected chi connectivity index (χ3v) is 4.80. The van der Waals surface area contributed by atoms with Gasteiger partial charge in [-0.05, 0) is 44.4 Å². The monoisotopic (exact) mass is 367 g/mol. The molecule has 0 unspecified atom stereocenters. The van der Waals surface area contributed by atoms with Gasteiger partial charge in [-0.15, -0.1) is 0 Å². The fraction of sp³-hybridized carbons (Fsp3) is 0.300. The molecule has 1 fully saturated rings. The lowest BCUT2D eigenvalue weighted by Crippen LogP contribution is -2.29. The molecule has 1 saturated heterocycles. The van der Waals surface area contributed by atoms with Gasteiger partial charge in [-0.3, -0.25) is 19.7 Å². The zero-order chi connectivity index (χ0) is 19.6. The van der Waals surface area contributed by atoms with E-state index >= 15 is 0 Å². The maximum atomic E-state index is 12.8. The summed E-state index contributed by atoms with van der Waals surface area (Å²) in [5.74, 6) is -0.593. The normalized spacial score (nSPS) is 13.5. The molecule has 7 nitrogen and oxygen atoms in total. The Labute approximate surface area is 157 Å².